The summed E-state index contributed by atoms with van der Waals surface area (Å²) in [5, 5.41) is 7.49. The Labute approximate surface area is 115 Å². The Morgan fingerprint density at radius 1 is 1.61 bits per heavy atom. The molecule has 100 valence electrons. The third-order valence-corrected chi connectivity index (χ3v) is 3.98. The fourth-order valence-electron chi connectivity index (χ4n) is 1.98. The summed E-state index contributed by atoms with van der Waals surface area (Å²) in [5.41, 5.74) is 6.37. The first-order valence-electron chi connectivity index (χ1n) is 6.28. The molecular weight excluding hydrogens is 296 g/mol. The molecule has 18 heavy (non-hydrogen) atoms. The van der Waals surface area contributed by atoms with Crippen LogP contribution in [0.4, 0.5) is 5.69 Å². The second-order valence-electron chi connectivity index (χ2n) is 5.04. The first-order valence-corrected chi connectivity index (χ1v) is 7.07. The van der Waals surface area contributed by atoms with Crippen LogP contribution in [0.3, 0.4) is 0 Å². The Bertz CT molecular complexity index is 481. The summed E-state index contributed by atoms with van der Waals surface area (Å²) < 4.78 is 1.99. The number of aromatic nitrogens is 2. The van der Waals surface area contributed by atoms with Crippen LogP contribution in [0, 0.1) is 5.92 Å². The van der Waals surface area contributed by atoms with Gasteiger partial charge in [-0.3, -0.25) is 4.79 Å². The minimum atomic E-state index is -0.110. The van der Waals surface area contributed by atoms with Gasteiger partial charge >= 0.3 is 0 Å². The van der Waals surface area contributed by atoms with Crippen LogP contribution in [0.15, 0.2) is 15.5 Å². The van der Waals surface area contributed by atoms with Crippen molar-refractivity contribution in [1.82, 2.24) is 9.78 Å². The van der Waals surface area contributed by atoms with Crippen molar-refractivity contribution in [2.75, 3.05) is 11.9 Å². The number of rotatable bonds is 5. The summed E-state index contributed by atoms with van der Waals surface area (Å²) in [6.45, 7) is 4.44. The Hall–Kier alpha value is -0.880. The molecule has 0 saturated heterocycles. The summed E-state index contributed by atoms with van der Waals surface area (Å²) in [5.74, 6) is 0.634. The maximum absolute atomic E-state index is 12.1. The molecule has 1 aromatic rings. The summed E-state index contributed by atoms with van der Waals surface area (Å²) in [4.78, 5) is 12.1. The Balaban J connectivity index is 2.23. The van der Waals surface area contributed by atoms with Crippen LogP contribution in [0.5, 0.6) is 0 Å². The van der Waals surface area contributed by atoms with Crippen molar-refractivity contribution < 1.29 is 0 Å². The van der Waals surface area contributed by atoms with Gasteiger partial charge in [-0.25, -0.2) is 4.68 Å². The normalized spacial score (nSPS) is 16.9. The maximum atomic E-state index is 12.1. The highest BCUT2D eigenvalue weighted by Gasteiger charge is 2.30. The molecule has 1 aliphatic rings. The Morgan fingerprint density at radius 2 is 2.28 bits per heavy atom. The lowest BCUT2D eigenvalue weighted by Crippen LogP contribution is -2.33. The molecule has 0 amide bonds. The van der Waals surface area contributed by atoms with Gasteiger partial charge < -0.3 is 11.1 Å². The van der Waals surface area contributed by atoms with Crippen molar-refractivity contribution in [3.05, 3.63) is 21.0 Å². The second kappa shape index (κ2) is 5.40. The first-order chi connectivity index (χ1) is 8.54. The van der Waals surface area contributed by atoms with Gasteiger partial charge in [0.2, 0.25) is 0 Å². The highest BCUT2D eigenvalue weighted by Crippen LogP contribution is 2.34. The number of nitrogens with two attached hydrogens (primary N) is 1. The minimum absolute atomic E-state index is 0.0524. The van der Waals surface area contributed by atoms with Crippen LogP contribution in [0.2, 0.25) is 0 Å². The van der Waals surface area contributed by atoms with E-state index in [2.05, 4.69) is 26.3 Å². The number of hydrogen-bond acceptors (Lipinski definition) is 4. The third-order valence-electron chi connectivity index (χ3n) is 3.22. The molecule has 1 aromatic heterocycles. The SMILES string of the molecule is CC(C)n1ncc(NC(CN)C2CC2)c(Br)c1=O. The predicted molar refractivity (Wildman–Crippen MR) is 75.8 cm³/mol. The molecule has 2 rings (SSSR count). The zero-order valence-corrected chi connectivity index (χ0v) is 12.3. The van der Waals surface area contributed by atoms with Gasteiger partial charge in [0.1, 0.15) is 4.47 Å². The van der Waals surface area contributed by atoms with E-state index in [4.69, 9.17) is 5.73 Å². The summed E-state index contributed by atoms with van der Waals surface area (Å²) in [7, 11) is 0. The highest BCUT2D eigenvalue weighted by molar-refractivity contribution is 9.10. The standard InChI is InChI=1S/C12H19BrN4O/c1-7(2)17-12(18)11(13)10(6-15-17)16-9(5-14)8-3-4-8/h6-9,16H,3-5,14H2,1-2H3. The van der Waals surface area contributed by atoms with E-state index >= 15 is 0 Å². The van der Waals surface area contributed by atoms with Gasteiger partial charge in [-0.1, -0.05) is 0 Å². The predicted octanol–water partition coefficient (Wildman–Crippen LogP) is 1.74. The van der Waals surface area contributed by atoms with Gasteiger partial charge in [0.15, 0.2) is 0 Å². The zero-order valence-electron chi connectivity index (χ0n) is 10.7. The van der Waals surface area contributed by atoms with E-state index in [9.17, 15) is 4.79 Å². The topological polar surface area (TPSA) is 72.9 Å². The molecule has 0 bridgehead atoms. The fraction of sp³-hybridized carbons (Fsp3) is 0.667. The largest absolute Gasteiger partial charge is 0.378 e. The van der Waals surface area contributed by atoms with Gasteiger partial charge in [0.05, 0.1) is 17.9 Å². The van der Waals surface area contributed by atoms with E-state index in [1.54, 1.807) is 6.20 Å². The molecule has 3 N–H and O–H groups in total. The summed E-state index contributed by atoms with van der Waals surface area (Å²) >= 11 is 3.35. The van der Waals surface area contributed by atoms with Gasteiger partial charge in [0, 0.05) is 12.6 Å². The average molecular weight is 315 g/mol. The molecule has 0 radical (unpaired) electrons. The molecule has 6 heteroatoms. The fourth-order valence-corrected chi connectivity index (χ4v) is 2.38. The van der Waals surface area contributed by atoms with E-state index in [1.807, 2.05) is 13.8 Å². The molecule has 1 atom stereocenters. The lowest BCUT2D eigenvalue weighted by Gasteiger charge is -2.19. The van der Waals surface area contributed by atoms with Crippen molar-refractivity contribution in [3.8, 4) is 0 Å². The van der Waals surface area contributed by atoms with Crippen molar-refractivity contribution in [1.29, 1.82) is 0 Å². The molecule has 1 fully saturated rings. The van der Waals surface area contributed by atoms with Crippen LogP contribution in [-0.2, 0) is 0 Å². The van der Waals surface area contributed by atoms with Gasteiger partial charge in [-0.05, 0) is 48.5 Å². The molecule has 0 spiro atoms. The van der Waals surface area contributed by atoms with E-state index in [0.717, 1.165) is 5.69 Å². The zero-order chi connectivity index (χ0) is 13.3. The van der Waals surface area contributed by atoms with Crippen LogP contribution >= 0.6 is 15.9 Å². The molecule has 5 nitrogen and oxygen atoms in total. The van der Waals surface area contributed by atoms with Crippen LogP contribution in [-0.4, -0.2) is 22.4 Å². The number of nitrogens with zero attached hydrogens (tertiary/aromatic N) is 2. The minimum Gasteiger partial charge on any atom is -0.378 e. The third kappa shape index (κ3) is 2.75. The van der Waals surface area contributed by atoms with Crippen molar-refractivity contribution in [2.24, 2.45) is 11.7 Å². The second-order valence-corrected chi connectivity index (χ2v) is 5.83. The van der Waals surface area contributed by atoms with Gasteiger partial charge in [0.25, 0.3) is 5.56 Å². The Morgan fingerprint density at radius 3 is 2.78 bits per heavy atom. The molecular formula is C12H19BrN4O. The van der Waals surface area contributed by atoms with Crippen molar-refractivity contribution >= 4 is 21.6 Å². The van der Waals surface area contributed by atoms with Gasteiger partial charge in [-0.2, -0.15) is 5.10 Å². The number of halogens is 1. The maximum Gasteiger partial charge on any atom is 0.283 e. The molecule has 1 aliphatic carbocycles. The Kier molecular flexibility index (Phi) is 4.07. The van der Waals surface area contributed by atoms with Crippen LogP contribution < -0.4 is 16.6 Å². The van der Waals surface area contributed by atoms with Gasteiger partial charge in [-0.15, -0.1) is 0 Å². The summed E-state index contributed by atoms with van der Waals surface area (Å²) in [6, 6.07) is 0.286. The lowest BCUT2D eigenvalue weighted by molar-refractivity contribution is 0.500. The monoisotopic (exact) mass is 314 g/mol. The molecule has 1 saturated carbocycles. The number of nitrogens with one attached hydrogen (secondary N) is 1. The molecule has 1 heterocycles. The summed E-state index contributed by atoms with van der Waals surface area (Å²) in [6.07, 6.45) is 4.11. The van der Waals surface area contributed by atoms with E-state index in [-0.39, 0.29) is 17.6 Å². The van der Waals surface area contributed by atoms with Crippen LogP contribution in [0.25, 0.3) is 0 Å². The molecule has 1 unspecified atom stereocenters. The smallest absolute Gasteiger partial charge is 0.283 e. The van der Waals surface area contributed by atoms with E-state index in [0.29, 0.717) is 16.9 Å². The highest BCUT2D eigenvalue weighted by atomic mass is 79.9. The van der Waals surface area contributed by atoms with Crippen molar-refractivity contribution in [3.63, 3.8) is 0 Å². The van der Waals surface area contributed by atoms with E-state index in [1.165, 1.54) is 17.5 Å². The lowest BCUT2D eigenvalue weighted by atomic mass is 10.2. The molecule has 0 aliphatic heterocycles. The number of anilines is 1. The first kappa shape index (κ1) is 13.5. The van der Waals surface area contributed by atoms with E-state index < -0.39 is 0 Å². The van der Waals surface area contributed by atoms with Crippen LogP contribution in [0.1, 0.15) is 32.7 Å². The van der Waals surface area contributed by atoms with Crippen molar-refractivity contribution in [2.45, 2.75) is 38.8 Å². The molecule has 0 aromatic carbocycles. The average Bonchev–Trinajstić information content (AvgIpc) is 3.14. The number of hydrogen-bond donors (Lipinski definition) is 2. The quantitative estimate of drug-likeness (QED) is 0.868.